The molecule has 1 aromatic carbocycles. The highest BCUT2D eigenvalue weighted by Gasteiger charge is 2.50. The van der Waals surface area contributed by atoms with Crippen molar-refractivity contribution in [3.8, 4) is 0 Å². The lowest BCUT2D eigenvalue weighted by atomic mass is 9.70. The lowest BCUT2D eigenvalue weighted by Crippen LogP contribution is -2.59. The molecule has 1 N–H and O–H groups in total. The predicted molar refractivity (Wildman–Crippen MR) is 119 cm³/mol. The molecule has 1 aromatic heterocycles. The molecule has 0 unspecified atom stereocenters. The van der Waals surface area contributed by atoms with Crippen molar-refractivity contribution in [2.45, 2.75) is 43.4 Å². The molecule has 2 aromatic rings. The number of carbonyl (C=O) groups excluding carboxylic acids is 2. The van der Waals surface area contributed by atoms with Crippen molar-refractivity contribution in [1.29, 1.82) is 0 Å². The number of ether oxygens (including phenoxy) is 1. The minimum Gasteiger partial charge on any atom is -0.381 e. The van der Waals surface area contributed by atoms with Gasteiger partial charge in [-0.2, -0.15) is 0 Å². The van der Waals surface area contributed by atoms with Gasteiger partial charge in [0.25, 0.3) is 0 Å². The van der Waals surface area contributed by atoms with E-state index in [1.165, 1.54) is 5.56 Å². The molecule has 3 heterocycles. The summed E-state index contributed by atoms with van der Waals surface area (Å²) in [6.07, 6.45) is 4.46. The molecule has 4 rings (SSSR count). The minimum absolute atomic E-state index is 0.0833. The Hall–Kier alpha value is -2.73. The lowest BCUT2D eigenvalue weighted by molar-refractivity contribution is -0.145. The summed E-state index contributed by atoms with van der Waals surface area (Å²) in [5.41, 5.74) is 1.50. The number of aryl methyl sites for hydroxylation is 1. The van der Waals surface area contributed by atoms with E-state index in [9.17, 15) is 9.59 Å². The van der Waals surface area contributed by atoms with Gasteiger partial charge in [0.05, 0.1) is 11.1 Å². The number of likely N-dealkylation sites (tertiary alicyclic amines) is 1. The standard InChI is InChI=1S/C25H31N3O3/c1-19-7-9-20(10-8-19)24(12-16-31-17-13-24)23(30)28-15-5-11-25(18-28,22(29)26-2)21-6-3-4-14-27-21/h3-4,6-10,14H,5,11-13,15-18H2,1-2H3,(H,26,29)/t25-/m1/s1. The quantitative estimate of drug-likeness (QED) is 0.824. The zero-order chi connectivity index (χ0) is 21.9. The van der Waals surface area contributed by atoms with Gasteiger partial charge in [-0.05, 0) is 50.3 Å². The van der Waals surface area contributed by atoms with E-state index in [-0.39, 0.29) is 11.8 Å². The molecule has 2 aliphatic heterocycles. The van der Waals surface area contributed by atoms with E-state index >= 15 is 0 Å². The average Bonchev–Trinajstić information content (AvgIpc) is 2.84. The third kappa shape index (κ3) is 3.85. The van der Waals surface area contributed by atoms with Crippen molar-refractivity contribution in [2.24, 2.45) is 0 Å². The zero-order valence-corrected chi connectivity index (χ0v) is 18.4. The van der Waals surface area contributed by atoms with Gasteiger partial charge >= 0.3 is 0 Å². The normalized spacial score (nSPS) is 23.2. The van der Waals surface area contributed by atoms with Crippen molar-refractivity contribution in [3.05, 3.63) is 65.5 Å². The number of hydrogen-bond acceptors (Lipinski definition) is 4. The smallest absolute Gasteiger partial charge is 0.233 e. The highest BCUT2D eigenvalue weighted by molar-refractivity contribution is 5.92. The summed E-state index contributed by atoms with van der Waals surface area (Å²) in [5, 5.41) is 2.82. The Balaban J connectivity index is 1.71. The van der Waals surface area contributed by atoms with Gasteiger partial charge in [-0.25, -0.2) is 0 Å². The van der Waals surface area contributed by atoms with Gasteiger partial charge < -0.3 is 15.0 Å². The van der Waals surface area contributed by atoms with E-state index in [1.54, 1.807) is 13.2 Å². The SMILES string of the molecule is CNC(=O)[C@]1(c2ccccn2)CCCN(C(=O)C2(c3ccc(C)cc3)CCOCC2)C1. The van der Waals surface area contributed by atoms with Crippen LogP contribution in [0.15, 0.2) is 48.7 Å². The summed E-state index contributed by atoms with van der Waals surface area (Å²) < 4.78 is 5.63. The lowest BCUT2D eigenvalue weighted by Gasteiger charge is -2.46. The molecular formula is C25H31N3O3. The van der Waals surface area contributed by atoms with E-state index in [2.05, 4.69) is 41.5 Å². The molecular weight excluding hydrogens is 390 g/mol. The molecule has 164 valence electrons. The van der Waals surface area contributed by atoms with Gasteiger partial charge in [0.2, 0.25) is 11.8 Å². The van der Waals surface area contributed by atoms with Crippen LogP contribution in [0.5, 0.6) is 0 Å². The Morgan fingerprint density at radius 3 is 2.42 bits per heavy atom. The van der Waals surface area contributed by atoms with Crippen LogP contribution in [0.3, 0.4) is 0 Å². The van der Waals surface area contributed by atoms with Gasteiger partial charge in [-0.1, -0.05) is 35.9 Å². The summed E-state index contributed by atoms with van der Waals surface area (Å²) >= 11 is 0. The van der Waals surface area contributed by atoms with Crippen molar-refractivity contribution in [2.75, 3.05) is 33.4 Å². The van der Waals surface area contributed by atoms with Gasteiger partial charge in [0, 0.05) is 39.5 Å². The van der Waals surface area contributed by atoms with Crippen LogP contribution < -0.4 is 5.32 Å². The maximum absolute atomic E-state index is 14.1. The fraction of sp³-hybridized carbons (Fsp3) is 0.480. The van der Waals surface area contributed by atoms with Crippen LogP contribution in [0.2, 0.25) is 0 Å². The number of pyridine rings is 1. The summed E-state index contributed by atoms with van der Waals surface area (Å²) in [4.78, 5) is 33.6. The predicted octanol–water partition coefficient (Wildman–Crippen LogP) is 2.74. The topological polar surface area (TPSA) is 71.5 Å². The van der Waals surface area contributed by atoms with Crippen LogP contribution in [-0.4, -0.2) is 55.0 Å². The molecule has 2 amide bonds. The molecule has 0 radical (unpaired) electrons. The number of carbonyl (C=O) groups is 2. The maximum Gasteiger partial charge on any atom is 0.233 e. The number of benzene rings is 1. The molecule has 0 saturated carbocycles. The Morgan fingerprint density at radius 2 is 1.77 bits per heavy atom. The van der Waals surface area contributed by atoms with Gasteiger partial charge in [0.1, 0.15) is 5.41 Å². The van der Waals surface area contributed by atoms with Crippen molar-refractivity contribution in [3.63, 3.8) is 0 Å². The molecule has 31 heavy (non-hydrogen) atoms. The fourth-order valence-corrected chi connectivity index (χ4v) is 5.15. The first-order valence-electron chi connectivity index (χ1n) is 11.1. The van der Waals surface area contributed by atoms with E-state index in [4.69, 9.17) is 4.74 Å². The number of aromatic nitrogens is 1. The van der Waals surface area contributed by atoms with Crippen LogP contribution in [0.1, 0.15) is 42.5 Å². The first-order valence-corrected chi connectivity index (χ1v) is 11.1. The highest BCUT2D eigenvalue weighted by atomic mass is 16.5. The molecule has 6 nitrogen and oxygen atoms in total. The van der Waals surface area contributed by atoms with E-state index < -0.39 is 10.8 Å². The second-order valence-electron chi connectivity index (χ2n) is 8.77. The zero-order valence-electron chi connectivity index (χ0n) is 18.4. The summed E-state index contributed by atoms with van der Waals surface area (Å²) in [7, 11) is 1.65. The summed E-state index contributed by atoms with van der Waals surface area (Å²) in [6, 6.07) is 13.9. The first-order chi connectivity index (χ1) is 15.0. The van der Waals surface area contributed by atoms with E-state index in [0.717, 1.165) is 17.7 Å². The molecule has 2 saturated heterocycles. The Bertz CT molecular complexity index is 923. The van der Waals surface area contributed by atoms with Crippen LogP contribution in [0.25, 0.3) is 0 Å². The van der Waals surface area contributed by atoms with Gasteiger partial charge in [0.15, 0.2) is 0 Å². The van der Waals surface area contributed by atoms with Gasteiger partial charge in [-0.15, -0.1) is 0 Å². The largest absolute Gasteiger partial charge is 0.381 e. The molecule has 0 spiro atoms. The van der Waals surface area contributed by atoms with Crippen LogP contribution >= 0.6 is 0 Å². The highest BCUT2D eigenvalue weighted by Crippen LogP contribution is 2.40. The van der Waals surface area contributed by atoms with Gasteiger partial charge in [-0.3, -0.25) is 14.6 Å². The van der Waals surface area contributed by atoms with E-state index in [1.807, 2.05) is 23.1 Å². The number of amides is 2. The maximum atomic E-state index is 14.1. The second-order valence-corrected chi connectivity index (χ2v) is 8.77. The molecule has 0 bridgehead atoms. The number of piperidine rings is 1. The molecule has 2 fully saturated rings. The number of likely N-dealkylation sites (N-methyl/N-ethyl adjacent to an activating group) is 1. The first kappa shape index (κ1) is 21.5. The molecule has 0 aliphatic carbocycles. The molecule has 1 atom stereocenters. The molecule has 2 aliphatic rings. The molecule has 6 heteroatoms. The Kier molecular flexibility index (Phi) is 6.10. The van der Waals surface area contributed by atoms with Crippen LogP contribution in [0.4, 0.5) is 0 Å². The summed E-state index contributed by atoms with van der Waals surface area (Å²) in [6.45, 7) is 4.18. The van der Waals surface area contributed by atoms with Crippen molar-refractivity contribution in [1.82, 2.24) is 15.2 Å². The van der Waals surface area contributed by atoms with Crippen LogP contribution in [-0.2, 0) is 25.2 Å². The van der Waals surface area contributed by atoms with Crippen molar-refractivity contribution < 1.29 is 14.3 Å². The number of hydrogen-bond donors (Lipinski definition) is 1. The second kappa shape index (κ2) is 8.79. The third-order valence-corrected chi connectivity index (χ3v) is 6.96. The Morgan fingerprint density at radius 1 is 1.03 bits per heavy atom. The number of nitrogens with zero attached hydrogens (tertiary/aromatic N) is 2. The summed E-state index contributed by atoms with van der Waals surface area (Å²) in [5.74, 6) is 0.0172. The minimum atomic E-state index is -0.830. The van der Waals surface area contributed by atoms with Crippen LogP contribution in [0, 0.1) is 6.92 Å². The van der Waals surface area contributed by atoms with E-state index in [0.29, 0.717) is 45.6 Å². The number of nitrogens with one attached hydrogen (secondary N) is 1. The Labute approximate surface area is 184 Å². The fourth-order valence-electron chi connectivity index (χ4n) is 5.15. The monoisotopic (exact) mass is 421 g/mol. The number of rotatable bonds is 4. The average molecular weight is 422 g/mol. The third-order valence-electron chi connectivity index (χ3n) is 6.96. The van der Waals surface area contributed by atoms with Crippen molar-refractivity contribution >= 4 is 11.8 Å².